The van der Waals surface area contributed by atoms with Crippen molar-refractivity contribution >= 4 is 35.6 Å². The monoisotopic (exact) mass is 409 g/mol. The summed E-state index contributed by atoms with van der Waals surface area (Å²) in [4.78, 5) is 20.0. The Kier molecular flexibility index (Phi) is 6.14. The van der Waals surface area contributed by atoms with Gasteiger partial charge in [-0.25, -0.2) is 4.98 Å². The summed E-state index contributed by atoms with van der Waals surface area (Å²) in [6, 6.07) is 24.4. The Morgan fingerprint density at radius 2 is 1.54 bits per heavy atom. The van der Waals surface area contributed by atoms with Crippen molar-refractivity contribution < 1.29 is 4.79 Å². The smallest absolute Gasteiger partial charge is 0.255 e. The quantitative estimate of drug-likeness (QED) is 0.429. The minimum Gasteiger partial charge on any atom is -0.338 e. The molecule has 4 rings (SSSR count). The van der Waals surface area contributed by atoms with Crippen LogP contribution in [0.25, 0.3) is 22.6 Å². The predicted molar refractivity (Wildman–Crippen MR) is 116 cm³/mol. The Balaban J connectivity index is 0.00000225. The van der Waals surface area contributed by atoms with E-state index in [0.717, 1.165) is 28.3 Å². The highest BCUT2D eigenvalue weighted by Gasteiger charge is 2.08. The molecule has 0 saturated carbocycles. The zero-order valence-electron chi connectivity index (χ0n) is 14.7. The molecular weight excluding hydrogens is 393 g/mol. The van der Waals surface area contributed by atoms with Gasteiger partial charge < -0.3 is 10.3 Å². The molecule has 28 heavy (non-hydrogen) atoms. The molecule has 1 amide bonds. The second-order valence-electron chi connectivity index (χ2n) is 6.05. The van der Waals surface area contributed by atoms with Gasteiger partial charge in [0.05, 0.1) is 11.9 Å². The van der Waals surface area contributed by atoms with Gasteiger partial charge in [-0.15, -0.1) is 12.4 Å². The van der Waals surface area contributed by atoms with Gasteiger partial charge in [0, 0.05) is 21.8 Å². The normalized spacial score (nSPS) is 10.2. The van der Waals surface area contributed by atoms with E-state index in [2.05, 4.69) is 15.3 Å². The molecule has 0 radical (unpaired) electrons. The van der Waals surface area contributed by atoms with Crippen molar-refractivity contribution in [2.24, 2.45) is 0 Å². The fourth-order valence-corrected chi connectivity index (χ4v) is 2.87. The van der Waals surface area contributed by atoms with Crippen molar-refractivity contribution in [3.63, 3.8) is 0 Å². The fourth-order valence-electron chi connectivity index (χ4n) is 2.75. The number of halogens is 2. The molecule has 0 bridgehead atoms. The van der Waals surface area contributed by atoms with Gasteiger partial charge in [-0.1, -0.05) is 54.1 Å². The summed E-state index contributed by atoms with van der Waals surface area (Å²) in [6.07, 6.45) is 1.81. The van der Waals surface area contributed by atoms with Crippen LogP contribution in [0, 0.1) is 0 Å². The lowest BCUT2D eigenvalue weighted by Crippen LogP contribution is -2.11. The van der Waals surface area contributed by atoms with Crippen LogP contribution in [0.1, 0.15) is 10.4 Å². The van der Waals surface area contributed by atoms with Crippen LogP contribution in [0.5, 0.6) is 0 Å². The summed E-state index contributed by atoms with van der Waals surface area (Å²) in [5, 5.41) is 3.48. The molecule has 0 aliphatic rings. The maximum absolute atomic E-state index is 12.3. The van der Waals surface area contributed by atoms with E-state index in [1.54, 1.807) is 24.3 Å². The third-order valence-electron chi connectivity index (χ3n) is 4.18. The highest BCUT2D eigenvalue weighted by molar-refractivity contribution is 6.30. The number of carbonyl (C=O) groups is 1. The van der Waals surface area contributed by atoms with Crippen molar-refractivity contribution in [2.45, 2.75) is 0 Å². The summed E-state index contributed by atoms with van der Waals surface area (Å²) in [7, 11) is 0. The Morgan fingerprint density at radius 3 is 2.21 bits per heavy atom. The SMILES string of the molecule is Cl.O=C(Nc1ccc(-c2cnc(-c3ccccc3)[nH]2)cc1)c1ccc(Cl)cc1. The van der Waals surface area contributed by atoms with E-state index >= 15 is 0 Å². The molecule has 2 N–H and O–H groups in total. The minimum atomic E-state index is -0.174. The summed E-state index contributed by atoms with van der Waals surface area (Å²) >= 11 is 5.85. The zero-order valence-corrected chi connectivity index (χ0v) is 16.3. The largest absolute Gasteiger partial charge is 0.338 e. The molecular formula is C22H17Cl2N3O. The molecule has 0 aliphatic heterocycles. The highest BCUT2D eigenvalue weighted by atomic mass is 35.5. The predicted octanol–water partition coefficient (Wildman–Crippen LogP) is 6.07. The van der Waals surface area contributed by atoms with Gasteiger partial charge in [-0.2, -0.15) is 0 Å². The van der Waals surface area contributed by atoms with Crippen molar-refractivity contribution in [2.75, 3.05) is 5.32 Å². The van der Waals surface area contributed by atoms with Gasteiger partial charge in [0.25, 0.3) is 5.91 Å². The number of nitrogens with one attached hydrogen (secondary N) is 2. The molecule has 4 nitrogen and oxygen atoms in total. The minimum absolute atomic E-state index is 0. The molecule has 0 atom stereocenters. The van der Waals surface area contributed by atoms with E-state index < -0.39 is 0 Å². The fraction of sp³-hybridized carbons (Fsp3) is 0. The number of aromatic nitrogens is 2. The zero-order chi connectivity index (χ0) is 18.6. The summed E-state index contributed by atoms with van der Waals surface area (Å²) < 4.78 is 0. The van der Waals surface area contributed by atoms with Crippen LogP contribution in [-0.4, -0.2) is 15.9 Å². The van der Waals surface area contributed by atoms with Crippen molar-refractivity contribution in [1.82, 2.24) is 9.97 Å². The number of hydrogen-bond acceptors (Lipinski definition) is 2. The Labute approximate surface area is 174 Å². The van der Waals surface area contributed by atoms with Crippen molar-refractivity contribution in [3.8, 4) is 22.6 Å². The summed E-state index contributed by atoms with van der Waals surface area (Å²) in [6.45, 7) is 0. The lowest BCUT2D eigenvalue weighted by atomic mass is 10.1. The maximum atomic E-state index is 12.3. The molecule has 140 valence electrons. The second kappa shape index (κ2) is 8.74. The van der Waals surface area contributed by atoms with Gasteiger partial charge in [-0.3, -0.25) is 4.79 Å². The number of benzene rings is 3. The van der Waals surface area contributed by atoms with Crippen molar-refractivity contribution in [1.29, 1.82) is 0 Å². The number of rotatable bonds is 4. The molecule has 6 heteroatoms. The maximum Gasteiger partial charge on any atom is 0.255 e. The molecule has 1 aromatic heterocycles. The van der Waals surface area contributed by atoms with Crippen LogP contribution in [0.3, 0.4) is 0 Å². The van der Waals surface area contributed by atoms with Gasteiger partial charge >= 0.3 is 0 Å². The standard InChI is InChI=1S/C22H16ClN3O.ClH/c23-18-10-6-17(7-11-18)22(27)25-19-12-8-15(9-13-19)20-14-24-21(26-20)16-4-2-1-3-5-16;/h1-14H,(H,24,26)(H,25,27);1H. The summed E-state index contributed by atoms with van der Waals surface area (Å²) in [5.41, 5.74) is 4.24. The molecule has 0 spiro atoms. The number of hydrogen-bond donors (Lipinski definition) is 2. The summed E-state index contributed by atoms with van der Waals surface area (Å²) in [5.74, 6) is 0.651. The van der Waals surface area contributed by atoms with Crippen molar-refractivity contribution in [3.05, 3.63) is 95.6 Å². The molecule has 0 aliphatic carbocycles. The number of H-pyrrole nitrogens is 1. The first-order valence-electron chi connectivity index (χ1n) is 8.47. The van der Waals surface area contributed by atoms with Crippen LogP contribution >= 0.6 is 24.0 Å². The molecule has 0 saturated heterocycles. The first-order chi connectivity index (χ1) is 13.2. The van der Waals surface area contributed by atoms with Gasteiger partial charge in [-0.05, 0) is 42.0 Å². The lowest BCUT2D eigenvalue weighted by molar-refractivity contribution is 0.102. The average Bonchev–Trinajstić information content (AvgIpc) is 3.20. The number of imidazole rings is 1. The number of carbonyl (C=O) groups excluding carboxylic acids is 1. The number of aromatic amines is 1. The van der Waals surface area contributed by atoms with E-state index in [1.807, 2.05) is 60.8 Å². The lowest BCUT2D eigenvalue weighted by Gasteiger charge is -2.06. The molecule has 0 unspecified atom stereocenters. The molecule has 1 heterocycles. The topological polar surface area (TPSA) is 57.8 Å². The van der Waals surface area contributed by atoms with Crippen LogP contribution in [0.4, 0.5) is 5.69 Å². The Bertz CT molecular complexity index is 1060. The number of nitrogens with zero attached hydrogens (tertiary/aromatic N) is 1. The number of anilines is 1. The third kappa shape index (κ3) is 4.42. The highest BCUT2D eigenvalue weighted by Crippen LogP contribution is 2.23. The van der Waals surface area contributed by atoms with Crippen LogP contribution < -0.4 is 5.32 Å². The first kappa shape index (κ1) is 19.7. The van der Waals surface area contributed by atoms with E-state index in [9.17, 15) is 4.79 Å². The third-order valence-corrected chi connectivity index (χ3v) is 4.44. The number of amides is 1. The van der Waals surface area contributed by atoms with E-state index in [1.165, 1.54) is 0 Å². The average molecular weight is 410 g/mol. The van der Waals surface area contributed by atoms with Gasteiger partial charge in [0.15, 0.2) is 0 Å². The van der Waals surface area contributed by atoms with Crippen LogP contribution in [0.15, 0.2) is 85.1 Å². The second-order valence-corrected chi connectivity index (χ2v) is 6.49. The van der Waals surface area contributed by atoms with Gasteiger partial charge in [0.2, 0.25) is 0 Å². The first-order valence-corrected chi connectivity index (χ1v) is 8.84. The molecule has 4 aromatic rings. The van der Waals surface area contributed by atoms with Crippen LogP contribution in [-0.2, 0) is 0 Å². The molecule has 3 aromatic carbocycles. The van der Waals surface area contributed by atoms with Gasteiger partial charge in [0.1, 0.15) is 5.82 Å². The van der Waals surface area contributed by atoms with E-state index in [-0.39, 0.29) is 18.3 Å². The van der Waals surface area contributed by atoms with E-state index in [0.29, 0.717) is 10.6 Å². The molecule has 0 fully saturated rings. The Morgan fingerprint density at radius 1 is 0.857 bits per heavy atom. The van der Waals surface area contributed by atoms with E-state index in [4.69, 9.17) is 11.6 Å². The van der Waals surface area contributed by atoms with Crippen LogP contribution in [0.2, 0.25) is 5.02 Å². The Hall–Kier alpha value is -3.08.